The zero-order valence-electron chi connectivity index (χ0n) is 13.0. The van der Waals surface area contributed by atoms with Crippen LogP contribution in [0.1, 0.15) is 32.1 Å². The first-order valence-electron chi connectivity index (χ1n) is 7.46. The molecule has 0 unspecified atom stereocenters. The van der Waals surface area contributed by atoms with Crippen LogP contribution in [0.5, 0.6) is 0 Å². The van der Waals surface area contributed by atoms with Crippen LogP contribution in [0.15, 0.2) is 28.0 Å². The summed E-state index contributed by atoms with van der Waals surface area (Å²) in [6.45, 7) is 0.723. The maximum Gasteiger partial charge on any atom is 0.177 e. The second-order valence-corrected chi connectivity index (χ2v) is 10.1. The van der Waals surface area contributed by atoms with Gasteiger partial charge in [-0.25, -0.2) is 16.8 Å². The molecule has 0 spiro atoms. The summed E-state index contributed by atoms with van der Waals surface area (Å²) in [5.41, 5.74) is 0.487. The molecule has 124 valence electrons. The van der Waals surface area contributed by atoms with Gasteiger partial charge in [0, 0.05) is 19.1 Å². The zero-order valence-corrected chi connectivity index (χ0v) is 14.6. The third-order valence-electron chi connectivity index (χ3n) is 4.09. The van der Waals surface area contributed by atoms with E-state index >= 15 is 0 Å². The van der Waals surface area contributed by atoms with Crippen LogP contribution in [0.25, 0.3) is 0 Å². The van der Waals surface area contributed by atoms with Crippen molar-refractivity contribution in [1.82, 2.24) is 0 Å². The van der Waals surface area contributed by atoms with Gasteiger partial charge in [0.2, 0.25) is 0 Å². The van der Waals surface area contributed by atoms with Gasteiger partial charge >= 0.3 is 0 Å². The van der Waals surface area contributed by atoms with Gasteiger partial charge in [0.05, 0.1) is 15.5 Å². The first kappa shape index (κ1) is 17.3. The summed E-state index contributed by atoms with van der Waals surface area (Å²) in [7, 11) is -6.93. The summed E-state index contributed by atoms with van der Waals surface area (Å²) in [5, 5.41) is 3.19. The first-order chi connectivity index (χ1) is 10.2. The quantitative estimate of drug-likeness (QED) is 0.887. The minimum absolute atomic E-state index is 0.0242. The molecule has 22 heavy (non-hydrogen) atoms. The van der Waals surface area contributed by atoms with Crippen LogP contribution in [0.2, 0.25) is 0 Å². The summed E-state index contributed by atoms with van der Waals surface area (Å²) < 4.78 is 47.1. The van der Waals surface area contributed by atoms with Crippen molar-refractivity contribution in [3.8, 4) is 0 Å². The van der Waals surface area contributed by atoms with Crippen LogP contribution in [0.3, 0.4) is 0 Å². The molecule has 0 atom stereocenters. The molecule has 1 aliphatic rings. The van der Waals surface area contributed by atoms with Gasteiger partial charge in [0.25, 0.3) is 0 Å². The van der Waals surface area contributed by atoms with Crippen LogP contribution in [-0.2, 0) is 19.7 Å². The second kappa shape index (κ2) is 6.58. The highest BCUT2D eigenvalue weighted by molar-refractivity contribution is 7.91. The Kier molecular flexibility index (Phi) is 5.17. The Morgan fingerprint density at radius 2 is 1.64 bits per heavy atom. The molecular formula is C15H23NO4S2. The number of sulfone groups is 2. The van der Waals surface area contributed by atoms with Crippen molar-refractivity contribution in [2.75, 3.05) is 24.4 Å². The van der Waals surface area contributed by atoms with Crippen LogP contribution >= 0.6 is 0 Å². The molecule has 0 saturated heterocycles. The maximum atomic E-state index is 11.9. The van der Waals surface area contributed by atoms with Gasteiger partial charge in [0.1, 0.15) is 0 Å². The molecule has 5 nitrogen and oxygen atoms in total. The van der Waals surface area contributed by atoms with Crippen molar-refractivity contribution in [3.63, 3.8) is 0 Å². The molecule has 2 rings (SSSR count). The molecule has 0 heterocycles. The van der Waals surface area contributed by atoms with Gasteiger partial charge in [-0.2, -0.15) is 0 Å². The number of anilines is 1. The highest BCUT2D eigenvalue weighted by Crippen LogP contribution is 2.28. The highest BCUT2D eigenvalue weighted by atomic mass is 32.2. The van der Waals surface area contributed by atoms with E-state index in [-0.39, 0.29) is 9.79 Å². The Bertz CT molecular complexity index is 733. The fraction of sp³-hybridized carbons (Fsp3) is 0.600. The molecule has 0 aromatic heterocycles. The smallest absolute Gasteiger partial charge is 0.177 e. The van der Waals surface area contributed by atoms with Gasteiger partial charge in [-0.15, -0.1) is 0 Å². The molecule has 0 aliphatic heterocycles. The molecule has 0 amide bonds. The minimum atomic E-state index is -3.50. The largest absolute Gasteiger partial charge is 0.384 e. The van der Waals surface area contributed by atoms with E-state index in [1.807, 2.05) is 0 Å². The first-order valence-corrected chi connectivity index (χ1v) is 11.2. The monoisotopic (exact) mass is 345 g/mol. The Balaban J connectivity index is 2.26. The standard InChI is InChI=1S/C15H23NO4S2/c1-21(17,18)13-8-9-14(15(10-13)22(2,19)20)16-11-12-6-4-3-5-7-12/h8-10,12,16H,3-7,11H2,1-2H3. The summed E-state index contributed by atoms with van der Waals surface area (Å²) in [6.07, 6.45) is 8.19. The normalized spacial score (nSPS) is 17.4. The maximum absolute atomic E-state index is 11.9. The number of hydrogen-bond donors (Lipinski definition) is 1. The lowest BCUT2D eigenvalue weighted by Gasteiger charge is -2.23. The predicted molar refractivity (Wildman–Crippen MR) is 87.7 cm³/mol. The average Bonchev–Trinajstić information content (AvgIpc) is 2.44. The van der Waals surface area contributed by atoms with E-state index in [0.717, 1.165) is 31.9 Å². The predicted octanol–water partition coefficient (Wildman–Crippen LogP) is 2.49. The van der Waals surface area contributed by atoms with E-state index < -0.39 is 19.7 Å². The summed E-state index contributed by atoms with van der Waals surface area (Å²) in [6, 6.07) is 4.25. The van der Waals surface area contributed by atoms with Crippen LogP contribution in [-0.4, -0.2) is 35.9 Å². The summed E-state index contributed by atoms with van der Waals surface area (Å²) >= 11 is 0. The van der Waals surface area contributed by atoms with E-state index in [4.69, 9.17) is 0 Å². The lowest BCUT2D eigenvalue weighted by molar-refractivity contribution is 0.373. The molecule has 1 N–H and O–H groups in total. The number of hydrogen-bond acceptors (Lipinski definition) is 5. The molecule has 0 bridgehead atoms. The van der Waals surface area contributed by atoms with E-state index in [1.54, 1.807) is 6.07 Å². The molecule has 0 radical (unpaired) electrons. The third-order valence-corrected chi connectivity index (χ3v) is 6.33. The van der Waals surface area contributed by atoms with E-state index in [0.29, 0.717) is 11.6 Å². The molecule has 1 aromatic rings. The Labute approximate surface area is 133 Å². The van der Waals surface area contributed by atoms with Crippen molar-refractivity contribution in [2.24, 2.45) is 5.92 Å². The number of nitrogens with one attached hydrogen (secondary N) is 1. The van der Waals surface area contributed by atoms with Gasteiger partial charge in [0.15, 0.2) is 19.7 Å². The van der Waals surface area contributed by atoms with Crippen molar-refractivity contribution in [2.45, 2.75) is 41.9 Å². The Hall–Kier alpha value is -1.08. The van der Waals surface area contributed by atoms with E-state index in [2.05, 4.69) is 5.32 Å². The molecule has 1 saturated carbocycles. The summed E-state index contributed by atoms with van der Waals surface area (Å²) in [5.74, 6) is 0.552. The number of benzene rings is 1. The topological polar surface area (TPSA) is 80.3 Å². The van der Waals surface area contributed by atoms with E-state index in [1.165, 1.54) is 31.4 Å². The second-order valence-electron chi connectivity index (χ2n) is 6.09. The van der Waals surface area contributed by atoms with Crippen LogP contribution < -0.4 is 5.32 Å². The van der Waals surface area contributed by atoms with Crippen LogP contribution in [0.4, 0.5) is 5.69 Å². The van der Waals surface area contributed by atoms with Gasteiger partial charge < -0.3 is 5.32 Å². The SMILES string of the molecule is CS(=O)(=O)c1ccc(NCC2CCCCC2)c(S(C)(=O)=O)c1. The molecule has 1 fully saturated rings. The molecule has 1 aromatic carbocycles. The zero-order chi connectivity index (χ0) is 16.4. The average molecular weight is 345 g/mol. The fourth-order valence-electron chi connectivity index (χ4n) is 2.83. The van der Waals surface area contributed by atoms with Gasteiger partial charge in [-0.1, -0.05) is 19.3 Å². The lowest BCUT2D eigenvalue weighted by Crippen LogP contribution is -2.18. The Morgan fingerprint density at radius 3 is 2.18 bits per heavy atom. The van der Waals surface area contributed by atoms with Crippen molar-refractivity contribution in [1.29, 1.82) is 0 Å². The molecule has 7 heteroatoms. The lowest BCUT2D eigenvalue weighted by atomic mass is 9.89. The minimum Gasteiger partial charge on any atom is -0.384 e. The molecule has 1 aliphatic carbocycles. The van der Waals surface area contributed by atoms with Crippen molar-refractivity contribution < 1.29 is 16.8 Å². The van der Waals surface area contributed by atoms with Gasteiger partial charge in [-0.3, -0.25) is 0 Å². The van der Waals surface area contributed by atoms with Gasteiger partial charge in [-0.05, 0) is 37.0 Å². The van der Waals surface area contributed by atoms with Crippen molar-refractivity contribution >= 4 is 25.4 Å². The molecular weight excluding hydrogens is 322 g/mol. The summed E-state index contributed by atoms with van der Waals surface area (Å²) in [4.78, 5) is 0.0716. The van der Waals surface area contributed by atoms with Crippen molar-refractivity contribution in [3.05, 3.63) is 18.2 Å². The highest BCUT2D eigenvalue weighted by Gasteiger charge is 2.19. The Morgan fingerprint density at radius 1 is 1.00 bits per heavy atom. The van der Waals surface area contributed by atoms with E-state index in [9.17, 15) is 16.8 Å². The van der Waals surface area contributed by atoms with Crippen LogP contribution in [0, 0.1) is 5.92 Å². The third kappa shape index (κ3) is 4.46. The number of rotatable bonds is 5. The fourth-order valence-corrected chi connectivity index (χ4v) is 4.43.